The van der Waals surface area contributed by atoms with Crippen molar-refractivity contribution in [2.24, 2.45) is 0 Å². The summed E-state index contributed by atoms with van der Waals surface area (Å²) in [5, 5.41) is 7.58. The van der Waals surface area contributed by atoms with E-state index in [1.54, 1.807) is 0 Å². The van der Waals surface area contributed by atoms with Crippen LogP contribution >= 0.6 is 0 Å². The highest BCUT2D eigenvalue weighted by Crippen LogP contribution is 2.10. The second-order valence-electron chi connectivity index (χ2n) is 3.98. The van der Waals surface area contributed by atoms with Gasteiger partial charge in [-0.2, -0.15) is 5.10 Å². The van der Waals surface area contributed by atoms with Gasteiger partial charge < -0.3 is 10.1 Å². The van der Waals surface area contributed by atoms with Crippen LogP contribution in [0.25, 0.3) is 0 Å². The number of carbonyl (C=O) groups excluding carboxylic acids is 1. The summed E-state index contributed by atoms with van der Waals surface area (Å²) >= 11 is 0. The number of hydrogen-bond donors (Lipinski definition) is 1. The number of methoxy groups -OCH3 is 1. The van der Waals surface area contributed by atoms with Crippen molar-refractivity contribution in [2.45, 2.75) is 39.3 Å². The smallest absolute Gasteiger partial charge is 0.305 e. The number of nitrogens with zero attached hydrogens (tertiary/aromatic N) is 2. The maximum absolute atomic E-state index is 10.9. The van der Waals surface area contributed by atoms with E-state index in [1.807, 2.05) is 17.1 Å². The fourth-order valence-electron chi connectivity index (χ4n) is 1.55. The number of aromatic nitrogens is 2. The van der Waals surface area contributed by atoms with Gasteiger partial charge in [-0.3, -0.25) is 9.48 Å². The molecule has 0 saturated heterocycles. The number of esters is 1. The first-order valence-electron chi connectivity index (χ1n) is 6.00. The van der Waals surface area contributed by atoms with Gasteiger partial charge in [0.1, 0.15) is 0 Å². The molecule has 0 fully saturated rings. The average molecular weight is 239 g/mol. The number of nitrogens with one attached hydrogen (secondary N) is 1. The first kappa shape index (κ1) is 13.7. The molecule has 1 unspecified atom stereocenters. The van der Waals surface area contributed by atoms with Crippen molar-refractivity contribution < 1.29 is 9.53 Å². The zero-order valence-electron chi connectivity index (χ0n) is 10.8. The first-order valence-corrected chi connectivity index (χ1v) is 6.00. The van der Waals surface area contributed by atoms with Gasteiger partial charge in [0.15, 0.2) is 0 Å². The Balaban J connectivity index is 2.25. The van der Waals surface area contributed by atoms with Gasteiger partial charge in [-0.15, -0.1) is 0 Å². The summed E-state index contributed by atoms with van der Waals surface area (Å²) in [6.45, 7) is 5.84. The SMILES string of the molecule is CCn1cc(C(C)NCCCC(=O)OC)cn1. The van der Waals surface area contributed by atoms with Crippen molar-refractivity contribution in [3.63, 3.8) is 0 Å². The number of hydrogen-bond acceptors (Lipinski definition) is 4. The van der Waals surface area contributed by atoms with Crippen molar-refractivity contribution in [3.05, 3.63) is 18.0 Å². The lowest BCUT2D eigenvalue weighted by Gasteiger charge is -2.11. The Morgan fingerprint density at radius 3 is 3.00 bits per heavy atom. The molecule has 1 atom stereocenters. The van der Waals surface area contributed by atoms with Crippen molar-refractivity contribution in [3.8, 4) is 0 Å². The van der Waals surface area contributed by atoms with Gasteiger partial charge in [0.05, 0.1) is 13.3 Å². The van der Waals surface area contributed by atoms with Gasteiger partial charge in [-0.1, -0.05) is 0 Å². The molecule has 1 rings (SSSR count). The van der Waals surface area contributed by atoms with E-state index >= 15 is 0 Å². The van der Waals surface area contributed by atoms with Crippen LogP contribution in [-0.4, -0.2) is 29.4 Å². The van der Waals surface area contributed by atoms with Crippen LogP contribution < -0.4 is 5.32 Å². The van der Waals surface area contributed by atoms with E-state index in [0.29, 0.717) is 6.42 Å². The van der Waals surface area contributed by atoms with Gasteiger partial charge >= 0.3 is 5.97 Å². The number of aryl methyl sites for hydroxylation is 1. The average Bonchev–Trinajstić information content (AvgIpc) is 2.82. The number of carbonyl (C=O) groups is 1. The van der Waals surface area contributed by atoms with Crippen LogP contribution in [-0.2, 0) is 16.1 Å². The van der Waals surface area contributed by atoms with Gasteiger partial charge in [0, 0.05) is 30.8 Å². The van der Waals surface area contributed by atoms with Crippen LogP contribution in [0.4, 0.5) is 0 Å². The van der Waals surface area contributed by atoms with Crippen LogP contribution in [0.1, 0.15) is 38.3 Å². The molecule has 1 aromatic rings. The Kier molecular flexibility index (Phi) is 5.69. The summed E-state index contributed by atoms with van der Waals surface area (Å²) < 4.78 is 6.48. The highest BCUT2D eigenvalue weighted by molar-refractivity contribution is 5.69. The van der Waals surface area contributed by atoms with Crippen molar-refractivity contribution in [1.29, 1.82) is 0 Å². The molecular weight excluding hydrogens is 218 g/mol. The highest BCUT2D eigenvalue weighted by atomic mass is 16.5. The van der Waals surface area contributed by atoms with E-state index in [0.717, 1.165) is 19.5 Å². The Labute approximate surface area is 102 Å². The molecule has 0 saturated carbocycles. The minimum atomic E-state index is -0.154. The zero-order valence-corrected chi connectivity index (χ0v) is 10.8. The molecule has 0 aromatic carbocycles. The Morgan fingerprint density at radius 1 is 1.65 bits per heavy atom. The molecular formula is C12H21N3O2. The largest absolute Gasteiger partial charge is 0.469 e. The predicted octanol–water partition coefficient (Wildman–Crippen LogP) is 1.51. The fourth-order valence-corrected chi connectivity index (χ4v) is 1.55. The van der Waals surface area contributed by atoms with E-state index in [9.17, 15) is 4.79 Å². The molecule has 1 aromatic heterocycles. The third-order valence-corrected chi connectivity index (χ3v) is 2.71. The van der Waals surface area contributed by atoms with E-state index < -0.39 is 0 Å². The molecule has 1 heterocycles. The zero-order chi connectivity index (χ0) is 12.7. The third-order valence-electron chi connectivity index (χ3n) is 2.71. The normalized spacial score (nSPS) is 12.4. The summed E-state index contributed by atoms with van der Waals surface area (Å²) in [6, 6.07) is 0.257. The summed E-state index contributed by atoms with van der Waals surface area (Å²) in [7, 11) is 1.41. The van der Waals surface area contributed by atoms with Crippen LogP contribution in [0.15, 0.2) is 12.4 Å². The maximum Gasteiger partial charge on any atom is 0.305 e. The molecule has 0 radical (unpaired) electrons. The molecule has 1 N–H and O–H groups in total. The summed E-state index contributed by atoms with van der Waals surface area (Å²) in [5.74, 6) is -0.154. The lowest BCUT2D eigenvalue weighted by molar-refractivity contribution is -0.140. The second-order valence-corrected chi connectivity index (χ2v) is 3.98. The van der Waals surface area contributed by atoms with Crippen molar-refractivity contribution >= 4 is 5.97 Å². The standard InChI is InChI=1S/C12H21N3O2/c1-4-15-9-11(8-14-15)10(2)13-7-5-6-12(16)17-3/h8-10,13H,4-7H2,1-3H3. The predicted molar refractivity (Wildman–Crippen MR) is 65.6 cm³/mol. The number of rotatable bonds is 7. The molecule has 0 aliphatic carbocycles. The highest BCUT2D eigenvalue weighted by Gasteiger charge is 2.07. The molecule has 0 spiro atoms. The molecule has 0 amide bonds. The summed E-state index contributed by atoms with van der Waals surface area (Å²) in [6.07, 6.45) is 5.17. The van der Waals surface area contributed by atoms with Gasteiger partial charge in [0.2, 0.25) is 0 Å². The third kappa shape index (κ3) is 4.56. The minimum Gasteiger partial charge on any atom is -0.469 e. The van der Waals surface area contributed by atoms with E-state index in [1.165, 1.54) is 12.7 Å². The van der Waals surface area contributed by atoms with Crippen LogP contribution in [0.2, 0.25) is 0 Å². The fraction of sp³-hybridized carbons (Fsp3) is 0.667. The van der Waals surface area contributed by atoms with Crippen molar-refractivity contribution in [2.75, 3.05) is 13.7 Å². The topological polar surface area (TPSA) is 56.2 Å². The molecule has 0 aliphatic rings. The van der Waals surface area contributed by atoms with E-state index in [4.69, 9.17) is 0 Å². The summed E-state index contributed by atoms with van der Waals surface area (Å²) in [5.41, 5.74) is 1.17. The van der Waals surface area contributed by atoms with E-state index in [2.05, 4.69) is 29.0 Å². The van der Waals surface area contributed by atoms with Gasteiger partial charge in [0.25, 0.3) is 0 Å². The molecule has 96 valence electrons. The van der Waals surface area contributed by atoms with Gasteiger partial charge in [-0.05, 0) is 26.8 Å². The van der Waals surface area contributed by atoms with Gasteiger partial charge in [-0.25, -0.2) is 0 Å². The van der Waals surface area contributed by atoms with Crippen molar-refractivity contribution in [1.82, 2.24) is 15.1 Å². The lowest BCUT2D eigenvalue weighted by atomic mass is 10.2. The maximum atomic E-state index is 10.9. The molecule has 5 heteroatoms. The van der Waals surface area contributed by atoms with Crippen LogP contribution in [0, 0.1) is 0 Å². The molecule has 0 aliphatic heterocycles. The van der Waals surface area contributed by atoms with Crippen LogP contribution in [0.3, 0.4) is 0 Å². The van der Waals surface area contributed by atoms with Crippen LogP contribution in [0.5, 0.6) is 0 Å². The Morgan fingerprint density at radius 2 is 2.41 bits per heavy atom. The monoisotopic (exact) mass is 239 g/mol. The molecule has 5 nitrogen and oxygen atoms in total. The molecule has 17 heavy (non-hydrogen) atoms. The Bertz CT molecular complexity index is 349. The summed E-state index contributed by atoms with van der Waals surface area (Å²) in [4.78, 5) is 10.9. The lowest BCUT2D eigenvalue weighted by Crippen LogP contribution is -2.20. The molecule has 0 bridgehead atoms. The Hall–Kier alpha value is -1.36. The second kappa shape index (κ2) is 7.06. The quantitative estimate of drug-likeness (QED) is 0.579. The minimum absolute atomic E-state index is 0.154. The number of ether oxygens (including phenoxy) is 1. The van der Waals surface area contributed by atoms with E-state index in [-0.39, 0.29) is 12.0 Å². The first-order chi connectivity index (χ1) is 8.17.